The molecule has 18 heavy (non-hydrogen) atoms. The zero-order valence-corrected chi connectivity index (χ0v) is 12.8. The number of nitrogens with two attached hydrogens (primary N) is 1. The second-order valence-electron chi connectivity index (χ2n) is 3.88. The van der Waals surface area contributed by atoms with Crippen molar-refractivity contribution in [1.29, 1.82) is 0 Å². The predicted molar refractivity (Wildman–Crippen MR) is 78.3 cm³/mol. The number of hydrogen-bond donors (Lipinski definition) is 1. The van der Waals surface area contributed by atoms with Gasteiger partial charge in [0.2, 0.25) is 0 Å². The quantitative estimate of drug-likeness (QED) is 0.908. The molecule has 2 N–H and O–H groups in total. The zero-order chi connectivity index (χ0) is 13.1. The molecule has 0 saturated carbocycles. The summed E-state index contributed by atoms with van der Waals surface area (Å²) < 4.78 is 6.93. The number of thiophene rings is 1. The van der Waals surface area contributed by atoms with Crippen molar-refractivity contribution < 1.29 is 4.74 Å². The minimum Gasteiger partial charge on any atom is -0.482 e. The Morgan fingerprint density at radius 3 is 2.78 bits per heavy atom. The molecule has 0 fully saturated rings. The summed E-state index contributed by atoms with van der Waals surface area (Å²) in [7, 11) is 0. The van der Waals surface area contributed by atoms with E-state index in [2.05, 4.69) is 20.9 Å². The van der Waals surface area contributed by atoms with Gasteiger partial charge in [0.15, 0.2) is 0 Å². The SMILES string of the molecule is CC(N)C(Oc1cncc(Cl)c1)c1ccc(Br)s1. The maximum atomic E-state index is 5.98. The summed E-state index contributed by atoms with van der Waals surface area (Å²) in [5, 5.41) is 0.545. The highest BCUT2D eigenvalue weighted by atomic mass is 79.9. The lowest BCUT2D eigenvalue weighted by Gasteiger charge is -2.21. The van der Waals surface area contributed by atoms with E-state index < -0.39 is 0 Å². The highest BCUT2D eigenvalue weighted by Crippen LogP contribution is 2.32. The molecule has 0 aliphatic rings. The van der Waals surface area contributed by atoms with E-state index in [9.17, 15) is 0 Å². The Morgan fingerprint density at radius 2 is 2.22 bits per heavy atom. The number of rotatable bonds is 4. The number of pyridine rings is 1. The highest BCUT2D eigenvalue weighted by Gasteiger charge is 2.20. The van der Waals surface area contributed by atoms with E-state index in [1.807, 2.05) is 19.1 Å². The maximum Gasteiger partial charge on any atom is 0.148 e. The van der Waals surface area contributed by atoms with Crippen molar-refractivity contribution >= 4 is 38.9 Å². The van der Waals surface area contributed by atoms with Gasteiger partial charge in [-0.3, -0.25) is 4.98 Å². The first-order valence-corrected chi connectivity index (χ1v) is 7.33. The largest absolute Gasteiger partial charge is 0.482 e. The lowest BCUT2D eigenvalue weighted by Crippen LogP contribution is -2.28. The molecule has 0 aliphatic heterocycles. The van der Waals surface area contributed by atoms with Crippen molar-refractivity contribution in [2.45, 2.75) is 19.1 Å². The third-order valence-electron chi connectivity index (χ3n) is 2.29. The Hall–Kier alpha value is -0.620. The van der Waals surface area contributed by atoms with Crippen LogP contribution in [0.25, 0.3) is 0 Å². The lowest BCUT2D eigenvalue weighted by atomic mass is 10.1. The molecule has 2 aromatic heterocycles. The van der Waals surface area contributed by atoms with E-state index in [1.165, 1.54) is 0 Å². The monoisotopic (exact) mass is 346 g/mol. The second kappa shape index (κ2) is 6.02. The Kier molecular flexibility index (Phi) is 4.61. The average molecular weight is 348 g/mol. The first-order valence-electron chi connectivity index (χ1n) is 5.34. The molecule has 0 saturated heterocycles. The van der Waals surface area contributed by atoms with Crippen LogP contribution >= 0.6 is 38.9 Å². The first kappa shape index (κ1) is 13.8. The lowest BCUT2D eigenvalue weighted by molar-refractivity contribution is 0.183. The number of ether oxygens (including phenoxy) is 1. The Bertz CT molecular complexity index is 532. The minimum absolute atomic E-state index is 0.130. The van der Waals surface area contributed by atoms with Gasteiger partial charge in [0.1, 0.15) is 11.9 Å². The molecule has 2 unspecified atom stereocenters. The molecule has 0 aliphatic carbocycles. The van der Waals surface area contributed by atoms with Gasteiger partial charge in [0, 0.05) is 23.2 Å². The van der Waals surface area contributed by atoms with Crippen LogP contribution in [0.4, 0.5) is 0 Å². The van der Waals surface area contributed by atoms with Crippen molar-refractivity contribution in [3.8, 4) is 5.75 Å². The van der Waals surface area contributed by atoms with Gasteiger partial charge in [-0.25, -0.2) is 0 Å². The molecule has 6 heteroatoms. The fourth-order valence-corrected chi connectivity index (χ4v) is 3.24. The highest BCUT2D eigenvalue weighted by molar-refractivity contribution is 9.11. The van der Waals surface area contributed by atoms with Crippen LogP contribution in [0.2, 0.25) is 5.02 Å². The van der Waals surface area contributed by atoms with Crippen LogP contribution in [-0.4, -0.2) is 11.0 Å². The molecule has 96 valence electrons. The number of aromatic nitrogens is 1. The zero-order valence-electron chi connectivity index (χ0n) is 9.64. The van der Waals surface area contributed by atoms with Gasteiger partial charge in [0.05, 0.1) is 15.0 Å². The van der Waals surface area contributed by atoms with Gasteiger partial charge in [-0.15, -0.1) is 11.3 Å². The van der Waals surface area contributed by atoms with Crippen LogP contribution in [0.5, 0.6) is 5.75 Å². The van der Waals surface area contributed by atoms with Crippen molar-refractivity contribution in [1.82, 2.24) is 4.98 Å². The normalized spacial score (nSPS) is 14.2. The third-order valence-corrected chi connectivity index (χ3v) is 4.19. The molecule has 0 spiro atoms. The van der Waals surface area contributed by atoms with Crippen molar-refractivity contribution in [3.05, 3.63) is 44.3 Å². The van der Waals surface area contributed by atoms with E-state index >= 15 is 0 Å². The van der Waals surface area contributed by atoms with Gasteiger partial charge in [0.25, 0.3) is 0 Å². The topological polar surface area (TPSA) is 48.1 Å². The molecule has 2 aromatic rings. The number of nitrogens with zero attached hydrogens (tertiary/aromatic N) is 1. The van der Waals surface area contributed by atoms with E-state index in [-0.39, 0.29) is 12.1 Å². The van der Waals surface area contributed by atoms with Gasteiger partial charge < -0.3 is 10.5 Å². The fourth-order valence-electron chi connectivity index (χ4n) is 1.51. The van der Waals surface area contributed by atoms with Gasteiger partial charge in [-0.2, -0.15) is 0 Å². The van der Waals surface area contributed by atoms with Crippen LogP contribution in [-0.2, 0) is 0 Å². The molecule has 0 bridgehead atoms. The van der Waals surface area contributed by atoms with Crippen LogP contribution in [0.15, 0.2) is 34.4 Å². The summed E-state index contributed by atoms with van der Waals surface area (Å²) in [6, 6.07) is 5.58. The smallest absolute Gasteiger partial charge is 0.148 e. The van der Waals surface area contributed by atoms with E-state index in [0.717, 1.165) is 8.66 Å². The fraction of sp³-hybridized carbons (Fsp3) is 0.250. The number of halogens is 2. The van der Waals surface area contributed by atoms with E-state index in [1.54, 1.807) is 29.8 Å². The first-order chi connectivity index (χ1) is 8.56. The van der Waals surface area contributed by atoms with E-state index in [0.29, 0.717) is 10.8 Å². The van der Waals surface area contributed by atoms with Crippen LogP contribution in [0.3, 0.4) is 0 Å². The molecule has 0 radical (unpaired) electrons. The van der Waals surface area contributed by atoms with E-state index in [4.69, 9.17) is 22.1 Å². The van der Waals surface area contributed by atoms with Gasteiger partial charge >= 0.3 is 0 Å². The van der Waals surface area contributed by atoms with Crippen molar-refractivity contribution in [2.24, 2.45) is 5.73 Å². The average Bonchev–Trinajstić information content (AvgIpc) is 2.72. The Balaban J connectivity index is 2.22. The van der Waals surface area contributed by atoms with Crippen molar-refractivity contribution in [2.75, 3.05) is 0 Å². The molecule has 0 aromatic carbocycles. The molecular formula is C12H12BrClN2OS. The second-order valence-corrected chi connectivity index (χ2v) is 6.81. The molecule has 3 nitrogen and oxygen atoms in total. The molecule has 2 rings (SSSR count). The van der Waals surface area contributed by atoms with Crippen molar-refractivity contribution in [3.63, 3.8) is 0 Å². The summed E-state index contributed by atoms with van der Waals surface area (Å²) in [4.78, 5) is 5.06. The Labute approximate surface area is 123 Å². The summed E-state index contributed by atoms with van der Waals surface area (Å²) in [5.74, 6) is 0.620. The van der Waals surface area contributed by atoms with Crippen LogP contribution in [0, 0.1) is 0 Å². The van der Waals surface area contributed by atoms with Gasteiger partial charge in [-0.1, -0.05) is 11.6 Å². The Morgan fingerprint density at radius 1 is 1.44 bits per heavy atom. The molecule has 2 atom stereocenters. The predicted octanol–water partition coefficient (Wildman–Crippen LogP) is 4.03. The van der Waals surface area contributed by atoms with Crippen LogP contribution in [0.1, 0.15) is 17.9 Å². The number of hydrogen-bond acceptors (Lipinski definition) is 4. The summed E-state index contributed by atoms with van der Waals surface area (Å²) in [5.41, 5.74) is 5.98. The molecule has 0 amide bonds. The third kappa shape index (κ3) is 3.45. The standard InChI is InChI=1S/C12H12BrClN2OS/c1-7(15)12(10-2-3-11(13)18-10)17-9-4-8(14)5-16-6-9/h2-7,12H,15H2,1H3. The van der Waals surface area contributed by atoms with Gasteiger partial charge in [-0.05, 0) is 35.0 Å². The summed E-state index contributed by atoms with van der Waals surface area (Å²) in [6.45, 7) is 1.91. The molecule has 2 heterocycles. The maximum absolute atomic E-state index is 5.98. The minimum atomic E-state index is -0.207. The molecular weight excluding hydrogens is 336 g/mol. The summed E-state index contributed by atoms with van der Waals surface area (Å²) >= 11 is 10.9. The summed E-state index contributed by atoms with van der Waals surface area (Å²) in [6.07, 6.45) is 2.99. The van der Waals surface area contributed by atoms with Crippen LogP contribution < -0.4 is 10.5 Å².